The molecule has 1 aliphatic heterocycles. The van der Waals surface area contributed by atoms with Crippen molar-refractivity contribution in [3.05, 3.63) is 37.8 Å². The summed E-state index contributed by atoms with van der Waals surface area (Å²) in [5, 5.41) is 19.7. The molecule has 3 rings (SSSR count). The summed E-state index contributed by atoms with van der Waals surface area (Å²) in [4.78, 5) is 13.7. The molecule has 154 valence electrons. The number of aromatic nitrogens is 1. The monoisotopic (exact) mass is 462 g/mol. The van der Waals surface area contributed by atoms with Gasteiger partial charge in [0.05, 0.1) is 10.6 Å². The number of hydrogen-bond donors (Lipinski definition) is 2. The predicted molar refractivity (Wildman–Crippen MR) is 106 cm³/mol. The number of aromatic hydroxyl groups is 1. The molecular formula is C17H13F3N2O4S3. The fourth-order valence-corrected chi connectivity index (χ4v) is 4.85. The van der Waals surface area contributed by atoms with Crippen molar-refractivity contribution in [1.29, 1.82) is 0 Å². The fourth-order valence-electron chi connectivity index (χ4n) is 2.59. The second kappa shape index (κ2) is 8.15. The molecule has 12 heteroatoms. The third-order valence-electron chi connectivity index (χ3n) is 3.74. The molecule has 0 saturated carbocycles. The SMILES string of the molecule is CCN1C(=C=Cc2sc(=S)n(CC(=O)O)c2O)Sc2ccc(OC(F)(F)F)cc21. The first-order valence-electron chi connectivity index (χ1n) is 8.05. The number of fused-ring (bicyclic) bond motifs is 1. The first-order chi connectivity index (χ1) is 13.6. The van der Waals surface area contributed by atoms with Crippen LogP contribution in [0.3, 0.4) is 0 Å². The van der Waals surface area contributed by atoms with Crippen LogP contribution in [0.1, 0.15) is 11.8 Å². The second-order valence-corrected chi connectivity index (χ2v) is 8.36. The molecule has 1 aromatic carbocycles. The van der Waals surface area contributed by atoms with E-state index in [4.69, 9.17) is 17.3 Å². The van der Waals surface area contributed by atoms with E-state index < -0.39 is 18.9 Å². The molecule has 2 N–H and O–H groups in total. The van der Waals surface area contributed by atoms with Gasteiger partial charge in [0.1, 0.15) is 17.3 Å². The van der Waals surface area contributed by atoms with E-state index in [1.807, 2.05) is 6.92 Å². The quantitative estimate of drug-likeness (QED) is 0.476. The maximum Gasteiger partial charge on any atom is 0.573 e. The number of alkyl halides is 3. The zero-order chi connectivity index (χ0) is 21.3. The molecule has 6 nitrogen and oxygen atoms in total. The van der Waals surface area contributed by atoms with Gasteiger partial charge in [-0.1, -0.05) is 17.5 Å². The van der Waals surface area contributed by atoms with E-state index in [-0.39, 0.29) is 15.6 Å². The topological polar surface area (TPSA) is 74.9 Å². The average Bonchev–Trinajstić information content (AvgIpc) is 3.09. The molecule has 0 saturated heterocycles. The normalized spacial score (nSPS) is 13.2. The van der Waals surface area contributed by atoms with Gasteiger partial charge in [0.15, 0.2) is 3.95 Å². The molecule has 2 heterocycles. The number of ether oxygens (including phenoxy) is 1. The minimum absolute atomic E-state index is 0.201. The standard InChI is InChI=1S/C17H13F3N2O4S3/c1-2-21-10-7-9(26-17(18,19)20)3-4-11(10)28-13(21)6-5-12-15(25)22(8-14(23)24)16(27)29-12/h3-5,7,25H,2,8H2,1H3,(H,23,24). The lowest BCUT2D eigenvalue weighted by atomic mass is 10.2. The lowest BCUT2D eigenvalue weighted by molar-refractivity contribution is -0.274. The highest BCUT2D eigenvalue weighted by Gasteiger charge is 2.32. The Balaban J connectivity index is 1.94. The molecule has 0 radical (unpaired) electrons. The van der Waals surface area contributed by atoms with Gasteiger partial charge in [-0.3, -0.25) is 9.36 Å². The van der Waals surface area contributed by atoms with E-state index in [0.717, 1.165) is 20.8 Å². The van der Waals surface area contributed by atoms with Crippen LogP contribution < -0.4 is 9.64 Å². The Morgan fingerprint density at radius 2 is 2.14 bits per heavy atom. The van der Waals surface area contributed by atoms with Crippen molar-refractivity contribution in [2.75, 3.05) is 11.4 Å². The van der Waals surface area contributed by atoms with Crippen LogP contribution in [0.15, 0.2) is 33.9 Å². The van der Waals surface area contributed by atoms with Crippen molar-refractivity contribution < 1.29 is 32.9 Å². The van der Waals surface area contributed by atoms with Gasteiger partial charge >= 0.3 is 12.3 Å². The number of hydrogen-bond acceptors (Lipinski definition) is 7. The summed E-state index contributed by atoms with van der Waals surface area (Å²) < 4.78 is 42.7. The Morgan fingerprint density at radius 3 is 2.76 bits per heavy atom. The van der Waals surface area contributed by atoms with Crippen LogP contribution in [-0.4, -0.2) is 33.7 Å². The lowest BCUT2D eigenvalue weighted by Gasteiger charge is -2.17. The predicted octanol–water partition coefficient (Wildman–Crippen LogP) is 5.05. The Kier molecular flexibility index (Phi) is 5.99. The van der Waals surface area contributed by atoms with E-state index in [9.17, 15) is 23.1 Å². The number of carbonyl (C=O) groups is 1. The molecule has 0 atom stereocenters. The van der Waals surface area contributed by atoms with Crippen molar-refractivity contribution in [1.82, 2.24) is 4.57 Å². The molecule has 0 unspecified atom stereocenters. The van der Waals surface area contributed by atoms with Crippen molar-refractivity contribution in [3.8, 4) is 11.6 Å². The van der Waals surface area contributed by atoms with Gasteiger partial charge in [0.2, 0.25) is 5.88 Å². The largest absolute Gasteiger partial charge is 0.573 e. The minimum atomic E-state index is -4.78. The molecule has 0 bridgehead atoms. The van der Waals surface area contributed by atoms with E-state index in [2.05, 4.69) is 10.5 Å². The highest BCUT2D eigenvalue weighted by molar-refractivity contribution is 8.03. The smallest absolute Gasteiger partial charge is 0.493 e. The van der Waals surface area contributed by atoms with Gasteiger partial charge < -0.3 is 19.8 Å². The number of nitrogens with zero attached hydrogens (tertiary/aromatic N) is 2. The molecule has 29 heavy (non-hydrogen) atoms. The summed E-state index contributed by atoms with van der Waals surface area (Å²) in [6, 6.07) is 4.07. The molecular weight excluding hydrogens is 449 g/mol. The number of benzene rings is 1. The summed E-state index contributed by atoms with van der Waals surface area (Å²) >= 11 is 7.40. The number of rotatable bonds is 5. The van der Waals surface area contributed by atoms with E-state index >= 15 is 0 Å². The van der Waals surface area contributed by atoms with Gasteiger partial charge in [-0.15, -0.1) is 24.5 Å². The first kappa shape index (κ1) is 21.3. The van der Waals surface area contributed by atoms with Crippen LogP contribution in [0.25, 0.3) is 6.08 Å². The van der Waals surface area contributed by atoms with Gasteiger partial charge in [-0.05, 0) is 31.3 Å². The Labute approximate surface area is 176 Å². The second-order valence-electron chi connectivity index (χ2n) is 5.65. The summed E-state index contributed by atoms with van der Waals surface area (Å²) in [6.07, 6.45) is -3.31. The number of halogens is 3. The molecule has 0 aliphatic carbocycles. The van der Waals surface area contributed by atoms with Crippen molar-refractivity contribution in [3.63, 3.8) is 0 Å². The number of aliphatic carboxylic acids is 1. The van der Waals surface area contributed by atoms with Crippen molar-refractivity contribution in [2.45, 2.75) is 24.7 Å². The third-order valence-corrected chi connectivity index (χ3v) is 6.22. The molecule has 2 aromatic rings. The number of anilines is 1. The average molecular weight is 462 g/mol. The third kappa shape index (κ3) is 4.78. The summed E-state index contributed by atoms with van der Waals surface area (Å²) in [5.41, 5.74) is 3.56. The number of carboxylic acids is 1. The number of carboxylic acid groups (broad SMARTS) is 1. The van der Waals surface area contributed by atoms with Crippen LogP contribution >= 0.6 is 35.3 Å². The van der Waals surface area contributed by atoms with Crippen LogP contribution in [0.2, 0.25) is 0 Å². The van der Waals surface area contributed by atoms with E-state index in [1.54, 1.807) is 4.90 Å². The Bertz CT molecular complexity index is 1080. The molecule has 0 spiro atoms. The first-order valence-corrected chi connectivity index (χ1v) is 10.1. The van der Waals surface area contributed by atoms with E-state index in [1.165, 1.54) is 36.0 Å². The zero-order valence-electron chi connectivity index (χ0n) is 14.7. The highest BCUT2D eigenvalue weighted by atomic mass is 32.2. The van der Waals surface area contributed by atoms with Gasteiger partial charge in [-0.2, -0.15) is 0 Å². The minimum Gasteiger partial charge on any atom is -0.493 e. The number of thioether (sulfide) groups is 1. The fraction of sp³-hybridized carbons (Fsp3) is 0.235. The lowest BCUT2D eigenvalue weighted by Crippen LogP contribution is -2.18. The van der Waals surface area contributed by atoms with Gasteiger partial charge in [0, 0.05) is 23.6 Å². The molecule has 0 amide bonds. The number of thiazole rings is 1. The summed E-state index contributed by atoms with van der Waals surface area (Å²) in [7, 11) is 0. The van der Waals surface area contributed by atoms with Crippen molar-refractivity contribution in [2.24, 2.45) is 0 Å². The Hall–Kier alpha value is -2.40. The van der Waals surface area contributed by atoms with Gasteiger partial charge in [-0.25, -0.2) is 0 Å². The molecule has 0 fully saturated rings. The van der Waals surface area contributed by atoms with Crippen LogP contribution in [-0.2, 0) is 11.3 Å². The summed E-state index contributed by atoms with van der Waals surface area (Å²) in [5.74, 6) is -1.74. The maximum absolute atomic E-state index is 12.5. The Morgan fingerprint density at radius 1 is 1.41 bits per heavy atom. The van der Waals surface area contributed by atoms with Crippen molar-refractivity contribution >= 4 is 53.0 Å². The van der Waals surface area contributed by atoms with Crippen LogP contribution in [0, 0.1) is 3.95 Å². The van der Waals surface area contributed by atoms with Gasteiger partial charge in [0.25, 0.3) is 0 Å². The molecule has 1 aliphatic rings. The van der Waals surface area contributed by atoms with E-state index in [0.29, 0.717) is 22.1 Å². The maximum atomic E-state index is 12.5. The van der Waals surface area contributed by atoms with Crippen LogP contribution in [0.4, 0.5) is 18.9 Å². The van der Waals surface area contributed by atoms with Crippen LogP contribution in [0.5, 0.6) is 11.6 Å². The zero-order valence-corrected chi connectivity index (χ0v) is 17.1. The molecule has 1 aromatic heterocycles. The summed E-state index contributed by atoms with van der Waals surface area (Å²) in [6.45, 7) is 1.83. The highest BCUT2D eigenvalue weighted by Crippen LogP contribution is 2.47.